The Balaban J connectivity index is 0.00000162. The number of aliphatic hydroxyl groups is 1. The Morgan fingerprint density at radius 2 is 2.11 bits per heavy atom. The van der Waals surface area contributed by atoms with E-state index in [0.717, 1.165) is 5.56 Å². The fourth-order valence-corrected chi connectivity index (χ4v) is 1.97. The van der Waals surface area contributed by atoms with Crippen molar-refractivity contribution in [1.29, 1.82) is 0 Å². The molecule has 0 saturated heterocycles. The molecule has 0 bridgehead atoms. The topological polar surface area (TPSA) is 41.9 Å². The first-order valence-corrected chi connectivity index (χ1v) is 5.91. The molecule has 1 N–H and O–H groups in total. The van der Waals surface area contributed by atoms with Crippen molar-refractivity contribution in [3.05, 3.63) is 46.5 Å². The maximum Gasteiger partial charge on any atom is 0.265 e. The van der Waals surface area contributed by atoms with Crippen LogP contribution in [-0.4, -0.2) is 21.5 Å². The van der Waals surface area contributed by atoms with E-state index in [9.17, 15) is 0 Å². The van der Waals surface area contributed by atoms with Gasteiger partial charge in [-0.05, 0) is 12.1 Å². The molecule has 1 aromatic heterocycles. The summed E-state index contributed by atoms with van der Waals surface area (Å²) in [5.41, 5.74) is 0.954. The summed E-state index contributed by atoms with van der Waals surface area (Å²) in [7, 11) is 0. The van der Waals surface area contributed by atoms with E-state index in [1.54, 1.807) is 23.1 Å². The first kappa shape index (κ1) is 15.2. The lowest BCUT2D eigenvalue weighted by atomic mass is 10.2. The van der Waals surface area contributed by atoms with E-state index >= 15 is 0 Å². The summed E-state index contributed by atoms with van der Waals surface area (Å²) < 4.78 is 3.56. The van der Waals surface area contributed by atoms with E-state index in [1.165, 1.54) is 0 Å². The highest BCUT2D eigenvalue weighted by molar-refractivity contribution is 6.35. The summed E-state index contributed by atoms with van der Waals surface area (Å²) in [6.45, 7) is 1.21. The molecule has 0 unspecified atom stereocenters. The van der Waals surface area contributed by atoms with Gasteiger partial charge in [-0.3, -0.25) is 0 Å². The van der Waals surface area contributed by atoms with E-state index in [4.69, 9.17) is 28.3 Å². The molecule has 0 amide bonds. The van der Waals surface area contributed by atoms with Crippen molar-refractivity contribution < 1.29 is 22.1 Å². The Hall–Kier alpha value is -0.810. The number of nitrogens with zero attached hydrogens (tertiary/aromatic N) is 3. The number of halogens is 3. The maximum absolute atomic E-state index is 8.80. The molecule has 0 aliphatic carbocycles. The van der Waals surface area contributed by atoms with Crippen molar-refractivity contribution in [2.75, 3.05) is 6.61 Å². The SMILES string of the molecule is OCC[n+]1cnn(Cc2ccc(Cl)cc2Cl)c1.[Cl-]. The lowest BCUT2D eigenvalue weighted by Crippen LogP contribution is -3.00. The van der Waals surface area contributed by atoms with Gasteiger partial charge in [-0.25, -0.2) is 4.57 Å². The van der Waals surface area contributed by atoms with Crippen molar-refractivity contribution in [3.8, 4) is 0 Å². The summed E-state index contributed by atoms with van der Waals surface area (Å²) in [6, 6.07) is 5.39. The first-order chi connectivity index (χ1) is 8.19. The monoisotopic (exact) mass is 307 g/mol. The fraction of sp³-hybridized carbons (Fsp3) is 0.273. The predicted octanol–water partition coefficient (Wildman–Crippen LogP) is -1.48. The van der Waals surface area contributed by atoms with Crippen LogP contribution in [0.1, 0.15) is 5.56 Å². The van der Waals surface area contributed by atoms with Crippen LogP contribution in [-0.2, 0) is 13.1 Å². The number of aromatic nitrogens is 3. The third-order valence-corrected chi connectivity index (χ3v) is 2.92. The summed E-state index contributed by atoms with van der Waals surface area (Å²) in [5.74, 6) is 0. The number of benzene rings is 1. The standard InChI is InChI=1S/C11H12Cl2N3O.ClH/c12-10-2-1-9(11(13)5-10)6-16-8-15(3-4-17)7-14-16;/h1-2,5,7-8,17H,3-4,6H2;1H/q+1;/p-1. The molecule has 4 nitrogen and oxygen atoms in total. The Labute approximate surface area is 121 Å². The molecular weight excluding hydrogens is 296 g/mol. The largest absolute Gasteiger partial charge is 1.00 e. The Morgan fingerprint density at radius 3 is 2.78 bits per heavy atom. The molecule has 0 aliphatic heterocycles. The third kappa shape index (κ3) is 3.85. The lowest BCUT2D eigenvalue weighted by Gasteiger charge is -2.00. The van der Waals surface area contributed by atoms with Gasteiger partial charge in [-0.15, -0.1) is 4.68 Å². The van der Waals surface area contributed by atoms with E-state index in [1.807, 2.05) is 17.0 Å². The average Bonchev–Trinajstić information content (AvgIpc) is 2.71. The molecule has 1 heterocycles. The van der Waals surface area contributed by atoms with E-state index in [0.29, 0.717) is 23.1 Å². The summed E-state index contributed by atoms with van der Waals surface area (Å²) >= 11 is 11.9. The van der Waals surface area contributed by atoms with Crippen LogP contribution >= 0.6 is 23.2 Å². The lowest BCUT2D eigenvalue weighted by molar-refractivity contribution is -0.698. The van der Waals surface area contributed by atoms with E-state index in [-0.39, 0.29) is 19.0 Å². The zero-order valence-corrected chi connectivity index (χ0v) is 11.7. The highest BCUT2D eigenvalue weighted by Crippen LogP contribution is 2.21. The molecule has 0 atom stereocenters. The van der Waals surface area contributed by atoms with Gasteiger partial charge in [0.25, 0.3) is 6.33 Å². The second-order valence-corrected chi connectivity index (χ2v) is 4.48. The first-order valence-electron chi connectivity index (χ1n) is 5.15. The molecule has 18 heavy (non-hydrogen) atoms. The minimum Gasteiger partial charge on any atom is -1.00 e. The molecule has 0 aliphatic rings. The van der Waals surface area contributed by atoms with Crippen LogP contribution < -0.4 is 17.0 Å². The normalized spacial score (nSPS) is 10.2. The van der Waals surface area contributed by atoms with E-state index < -0.39 is 0 Å². The van der Waals surface area contributed by atoms with Gasteiger partial charge >= 0.3 is 0 Å². The smallest absolute Gasteiger partial charge is 0.265 e. The molecule has 7 heteroatoms. The molecule has 98 valence electrons. The number of hydrogen-bond acceptors (Lipinski definition) is 2. The van der Waals surface area contributed by atoms with Crippen molar-refractivity contribution in [1.82, 2.24) is 9.78 Å². The van der Waals surface area contributed by atoms with Crippen molar-refractivity contribution in [3.63, 3.8) is 0 Å². The summed E-state index contributed by atoms with van der Waals surface area (Å²) in [5, 5.41) is 14.2. The average molecular weight is 309 g/mol. The molecular formula is C11H12Cl3N3O. The summed E-state index contributed by atoms with van der Waals surface area (Å²) in [4.78, 5) is 0. The van der Waals surface area contributed by atoms with Crippen LogP contribution in [0.5, 0.6) is 0 Å². The fourth-order valence-electron chi connectivity index (χ4n) is 1.50. The predicted molar refractivity (Wildman–Crippen MR) is 65.1 cm³/mol. The highest BCUT2D eigenvalue weighted by atomic mass is 35.5. The zero-order valence-electron chi connectivity index (χ0n) is 9.43. The third-order valence-electron chi connectivity index (χ3n) is 2.34. The quantitative estimate of drug-likeness (QED) is 0.700. The van der Waals surface area contributed by atoms with Crippen molar-refractivity contribution >= 4 is 23.2 Å². The molecule has 0 fully saturated rings. The Kier molecular flexibility index (Phi) is 5.88. The minimum absolute atomic E-state index is 0. The second-order valence-electron chi connectivity index (χ2n) is 3.64. The van der Waals surface area contributed by atoms with Crippen LogP contribution in [0.15, 0.2) is 30.9 Å². The van der Waals surface area contributed by atoms with Gasteiger partial charge in [-0.2, -0.15) is 0 Å². The van der Waals surface area contributed by atoms with Crippen molar-refractivity contribution in [2.45, 2.75) is 13.1 Å². The second kappa shape index (κ2) is 6.95. The highest BCUT2D eigenvalue weighted by Gasteiger charge is 2.09. The van der Waals surface area contributed by atoms with Crippen LogP contribution in [0.4, 0.5) is 0 Å². The summed E-state index contributed by atoms with van der Waals surface area (Å²) in [6.07, 6.45) is 3.49. The van der Waals surface area contributed by atoms with Crippen LogP contribution in [0, 0.1) is 0 Å². The molecule has 0 radical (unpaired) electrons. The molecule has 0 saturated carbocycles. The van der Waals surface area contributed by atoms with Gasteiger partial charge in [0.05, 0.1) is 13.2 Å². The zero-order chi connectivity index (χ0) is 12.3. The van der Waals surface area contributed by atoms with Gasteiger partial charge in [0, 0.05) is 20.7 Å². The molecule has 0 spiro atoms. The van der Waals surface area contributed by atoms with Crippen molar-refractivity contribution in [2.24, 2.45) is 0 Å². The van der Waals surface area contributed by atoms with Crippen LogP contribution in [0.3, 0.4) is 0 Å². The van der Waals surface area contributed by atoms with Gasteiger partial charge in [0.1, 0.15) is 6.54 Å². The molecule has 1 aromatic carbocycles. The van der Waals surface area contributed by atoms with Gasteiger partial charge in [-0.1, -0.05) is 29.3 Å². The van der Waals surface area contributed by atoms with E-state index in [2.05, 4.69) is 5.10 Å². The maximum atomic E-state index is 8.80. The molecule has 2 rings (SSSR count). The number of aliphatic hydroxyl groups excluding tert-OH is 1. The Morgan fingerprint density at radius 1 is 1.33 bits per heavy atom. The molecule has 2 aromatic rings. The Bertz CT molecular complexity index is 516. The van der Waals surface area contributed by atoms with Crippen LogP contribution in [0.2, 0.25) is 10.0 Å². The minimum atomic E-state index is 0. The van der Waals surface area contributed by atoms with Gasteiger partial charge in [0.15, 0.2) is 0 Å². The van der Waals surface area contributed by atoms with Gasteiger partial charge < -0.3 is 17.5 Å². The van der Waals surface area contributed by atoms with Crippen LogP contribution in [0.25, 0.3) is 0 Å². The number of hydrogen-bond donors (Lipinski definition) is 1. The number of rotatable bonds is 4. The van der Waals surface area contributed by atoms with Gasteiger partial charge in [0.2, 0.25) is 6.33 Å².